The van der Waals surface area contributed by atoms with E-state index in [0.29, 0.717) is 28.7 Å². The van der Waals surface area contributed by atoms with Gasteiger partial charge in [-0.2, -0.15) is 4.98 Å². The van der Waals surface area contributed by atoms with Gasteiger partial charge in [0.1, 0.15) is 11.6 Å². The molecule has 0 aliphatic heterocycles. The predicted molar refractivity (Wildman–Crippen MR) is 95.0 cm³/mol. The average molecular weight is 356 g/mol. The molecule has 0 bridgehead atoms. The monoisotopic (exact) mass is 356 g/mol. The van der Waals surface area contributed by atoms with Crippen LogP contribution >= 0.6 is 11.8 Å². The van der Waals surface area contributed by atoms with Crippen LogP contribution in [0.3, 0.4) is 0 Å². The van der Waals surface area contributed by atoms with Crippen molar-refractivity contribution in [2.24, 2.45) is 7.05 Å². The summed E-state index contributed by atoms with van der Waals surface area (Å²) in [5, 5.41) is 0.623. The molecule has 25 heavy (non-hydrogen) atoms. The zero-order valence-corrected chi connectivity index (χ0v) is 14.8. The molecule has 0 spiro atoms. The fourth-order valence-electron chi connectivity index (χ4n) is 2.30. The fraction of sp³-hybridized carbons (Fsp3) is 0.222. The molecule has 0 saturated heterocycles. The molecule has 3 rings (SSSR count). The first kappa shape index (κ1) is 17.3. The molecule has 0 aliphatic rings. The summed E-state index contributed by atoms with van der Waals surface area (Å²) in [4.78, 5) is 24.8. The maximum absolute atomic E-state index is 12.9. The van der Waals surface area contributed by atoms with Crippen molar-refractivity contribution in [3.8, 4) is 0 Å². The molecule has 3 aromatic rings. The van der Waals surface area contributed by atoms with Crippen molar-refractivity contribution < 1.29 is 4.39 Å². The topological polar surface area (TPSA) is 60.7 Å². The Morgan fingerprint density at radius 3 is 2.48 bits per heavy atom. The molecule has 0 saturated carbocycles. The Balaban J connectivity index is 1.74. The lowest BCUT2D eigenvalue weighted by Gasteiger charge is -2.09. The molecule has 0 aliphatic carbocycles. The third-order valence-corrected chi connectivity index (χ3v) is 4.75. The lowest BCUT2D eigenvalue weighted by atomic mass is 10.1. The van der Waals surface area contributed by atoms with E-state index in [4.69, 9.17) is 0 Å². The predicted octanol–water partition coefficient (Wildman–Crippen LogP) is 2.90. The van der Waals surface area contributed by atoms with E-state index in [1.807, 2.05) is 18.5 Å². The standard InChI is InChI=1S/C18H17FN4OS/c1-12-20-8-14(9-21-12)7-15-10-23(2)18(22-17(15)24)25-11-13-3-5-16(19)6-4-13/h3-6,8-10H,7,11H2,1-2H3. The Hall–Kier alpha value is -2.54. The molecule has 5 nitrogen and oxygen atoms in total. The van der Waals surface area contributed by atoms with Crippen LogP contribution in [0.5, 0.6) is 0 Å². The van der Waals surface area contributed by atoms with Crippen molar-refractivity contribution in [3.63, 3.8) is 0 Å². The molecule has 0 atom stereocenters. The molecule has 1 aromatic carbocycles. The van der Waals surface area contributed by atoms with E-state index in [9.17, 15) is 9.18 Å². The van der Waals surface area contributed by atoms with Gasteiger partial charge in [-0.25, -0.2) is 14.4 Å². The minimum Gasteiger partial charge on any atom is -0.330 e. The minimum absolute atomic E-state index is 0.250. The normalized spacial score (nSPS) is 10.8. The van der Waals surface area contributed by atoms with Gasteiger partial charge in [-0.1, -0.05) is 23.9 Å². The SMILES string of the molecule is Cc1ncc(Cc2cn(C)c(SCc3ccc(F)cc3)nc2=O)cn1. The number of aryl methyl sites for hydroxylation is 2. The Bertz CT molecular complexity index is 923. The summed E-state index contributed by atoms with van der Waals surface area (Å²) in [6.45, 7) is 1.82. The van der Waals surface area contributed by atoms with Crippen molar-refractivity contribution in [2.75, 3.05) is 0 Å². The zero-order valence-electron chi connectivity index (χ0n) is 13.9. The Morgan fingerprint density at radius 2 is 1.80 bits per heavy atom. The van der Waals surface area contributed by atoms with Gasteiger partial charge in [0, 0.05) is 43.4 Å². The lowest BCUT2D eigenvalue weighted by Crippen LogP contribution is -2.18. The van der Waals surface area contributed by atoms with Crippen molar-refractivity contribution >= 4 is 11.8 Å². The fourth-order valence-corrected chi connectivity index (χ4v) is 3.19. The molecule has 0 unspecified atom stereocenters. The van der Waals surface area contributed by atoms with E-state index in [-0.39, 0.29) is 11.4 Å². The van der Waals surface area contributed by atoms with Gasteiger partial charge in [-0.3, -0.25) is 4.79 Å². The molecular formula is C18H17FN4OS. The van der Waals surface area contributed by atoms with Crippen molar-refractivity contribution in [1.29, 1.82) is 0 Å². The highest BCUT2D eigenvalue weighted by molar-refractivity contribution is 7.98. The van der Waals surface area contributed by atoms with Crippen LogP contribution in [0.15, 0.2) is 52.8 Å². The van der Waals surface area contributed by atoms with Gasteiger partial charge in [0.2, 0.25) is 0 Å². The first-order valence-electron chi connectivity index (χ1n) is 7.72. The second-order valence-electron chi connectivity index (χ2n) is 5.70. The second-order valence-corrected chi connectivity index (χ2v) is 6.64. The van der Waals surface area contributed by atoms with Gasteiger partial charge in [0.15, 0.2) is 5.16 Å². The van der Waals surface area contributed by atoms with Crippen LogP contribution in [0, 0.1) is 12.7 Å². The Kier molecular flexibility index (Phi) is 5.23. The summed E-state index contributed by atoms with van der Waals surface area (Å²) in [7, 11) is 1.86. The van der Waals surface area contributed by atoms with Crippen LogP contribution in [0.1, 0.15) is 22.5 Å². The summed E-state index contributed by atoms with van der Waals surface area (Å²) < 4.78 is 14.8. The van der Waals surface area contributed by atoms with Gasteiger partial charge >= 0.3 is 0 Å². The molecule has 0 radical (unpaired) electrons. The van der Waals surface area contributed by atoms with Crippen molar-refractivity contribution in [2.45, 2.75) is 24.3 Å². The smallest absolute Gasteiger partial charge is 0.277 e. The Labute approximate surface area is 149 Å². The highest BCUT2D eigenvalue weighted by Crippen LogP contribution is 2.20. The third kappa shape index (κ3) is 4.51. The number of thioether (sulfide) groups is 1. The maximum atomic E-state index is 12.9. The minimum atomic E-state index is -0.260. The Morgan fingerprint density at radius 1 is 1.12 bits per heavy atom. The summed E-state index contributed by atoms with van der Waals surface area (Å²) in [5.41, 5.74) is 2.19. The quantitative estimate of drug-likeness (QED) is 0.520. The molecule has 2 aromatic heterocycles. The highest BCUT2D eigenvalue weighted by Gasteiger charge is 2.09. The largest absolute Gasteiger partial charge is 0.330 e. The van der Waals surface area contributed by atoms with Crippen LogP contribution in [0.25, 0.3) is 0 Å². The first-order valence-corrected chi connectivity index (χ1v) is 8.71. The zero-order chi connectivity index (χ0) is 17.8. The highest BCUT2D eigenvalue weighted by atomic mass is 32.2. The van der Waals surface area contributed by atoms with Crippen LogP contribution in [0.4, 0.5) is 4.39 Å². The van der Waals surface area contributed by atoms with E-state index in [2.05, 4.69) is 15.0 Å². The number of hydrogen-bond acceptors (Lipinski definition) is 5. The van der Waals surface area contributed by atoms with Crippen LogP contribution in [-0.2, 0) is 19.2 Å². The number of aromatic nitrogens is 4. The number of hydrogen-bond donors (Lipinski definition) is 0. The van der Waals surface area contributed by atoms with Crippen molar-refractivity contribution in [1.82, 2.24) is 19.5 Å². The van der Waals surface area contributed by atoms with Crippen LogP contribution in [0.2, 0.25) is 0 Å². The molecule has 7 heteroatoms. The van der Waals surface area contributed by atoms with Gasteiger partial charge in [0.05, 0.1) is 0 Å². The van der Waals surface area contributed by atoms with Crippen LogP contribution in [-0.4, -0.2) is 19.5 Å². The van der Waals surface area contributed by atoms with Crippen molar-refractivity contribution in [3.05, 3.63) is 81.5 Å². The molecule has 0 N–H and O–H groups in total. The van der Waals surface area contributed by atoms with Gasteiger partial charge in [-0.05, 0) is 30.2 Å². The van der Waals surface area contributed by atoms with Gasteiger partial charge in [0.25, 0.3) is 5.56 Å². The number of nitrogens with zero attached hydrogens (tertiary/aromatic N) is 4. The summed E-state index contributed by atoms with van der Waals surface area (Å²) in [6.07, 6.45) is 5.68. The summed E-state index contributed by atoms with van der Waals surface area (Å²) in [5.74, 6) is 1.05. The molecule has 2 heterocycles. The number of benzene rings is 1. The second kappa shape index (κ2) is 7.57. The van der Waals surface area contributed by atoms with Gasteiger partial charge in [-0.15, -0.1) is 0 Å². The van der Waals surface area contributed by atoms with Gasteiger partial charge < -0.3 is 4.57 Å². The van der Waals surface area contributed by atoms with E-state index < -0.39 is 0 Å². The van der Waals surface area contributed by atoms with E-state index in [1.54, 1.807) is 30.7 Å². The van der Waals surface area contributed by atoms with E-state index in [0.717, 1.165) is 11.1 Å². The first-order chi connectivity index (χ1) is 12.0. The number of halogens is 1. The van der Waals surface area contributed by atoms with E-state index in [1.165, 1.54) is 23.9 Å². The molecule has 128 valence electrons. The third-order valence-electron chi connectivity index (χ3n) is 3.63. The van der Waals surface area contributed by atoms with Crippen LogP contribution < -0.4 is 5.56 Å². The van der Waals surface area contributed by atoms with E-state index >= 15 is 0 Å². The summed E-state index contributed by atoms with van der Waals surface area (Å²) >= 11 is 1.44. The lowest BCUT2D eigenvalue weighted by molar-refractivity contribution is 0.627. The molecule has 0 amide bonds. The number of rotatable bonds is 5. The molecular weight excluding hydrogens is 339 g/mol. The maximum Gasteiger partial charge on any atom is 0.277 e. The average Bonchev–Trinajstić information content (AvgIpc) is 2.60. The summed E-state index contributed by atoms with van der Waals surface area (Å²) in [6, 6.07) is 6.31. The molecule has 0 fully saturated rings.